The van der Waals surface area contributed by atoms with Crippen molar-refractivity contribution in [1.82, 2.24) is 10.3 Å². The van der Waals surface area contributed by atoms with Gasteiger partial charge in [-0.15, -0.1) is 0 Å². The largest absolute Gasteiger partial charge is 0.419 e. The smallest absolute Gasteiger partial charge is 0.390 e. The first-order chi connectivity index (χ1) is 9.62. The molecule has 0 aliphatic carbocycles. The van der Waals surface area contributed by atoms with Gasteiger partial charge in [0, 0.05) is 25.2 Å². The van der Waals surface area contributed by atoms with Crippen molar-refractivity contribution in [3.63, 3.8) is 0 Å². The number of pyridine rings is 1. The predicted molar refractivity (Wildman–Crippen MR) is 67.9 cm³/mol. The SMILES string of the molecule is CC(=O)NCCC(O)C(O)c1cnc(N)c(C(F)(F)F)c1. The Bertz CT molecular complexity index is 508. The summed E-state index contributed by atoms with van der Waals surface area (Å²) in [5, 5.41) is 21.9. The second-order valence-electron chi connectivity index (χ2n) is 4.48. The normalized spacial score (nSPS) is 14.6. The van der Waals surface area contributed by atoms with E-state index in [1.54, 1.807) is 0 Å². The van der Waals surface area contributed by atoms with Crippen LogP contribution in [-0.2, 0) is 11.0 Å². The molecule has 2 unspecified atom stereocenters. The summed E-state index contributed by atoms with van der Waals surface area (Å²) >= 11 is 0. The number of aliphatic hydroxyl groups is 2. The van der Waals surface area contributed by atoms with E-state index in [1.807, 2.05) is 0 Å². The number of nitrogens with one attached hydrogen (secondary N) is 1. The lowest BCUT2D eigenvalue weighted by Crippen LogP contribution is -2.28. The van der Waals surface area contributed by atoms with Crippen molar-refractivity contribution in [2.24, 2.45) is 0 Å². The molecule has 0 radical (unpaired) electrons. The molecular weight excluding hydrogens is 291 g/mol. The molecule has 0 saturated heterocycles. The number of amides is 1. The highest BCUT2D eigenvalue weighted by Crippen LogP contribution is 2.34. The zero-order valence-corrected chi connectivity index (χ0v) is 11.2. The van der Waals surface area contributed by atoms with E-state index in [0.717, 1.165) is 6.20 Å². The average Bonchev–Trinajstić information content (AvgIpc) is 2.36. The third-order valence-electron chi connectivity index (χ3n) is 2.77. The summed E-state index contributed by atoms with van der Waals surface area (Å²) in [6.45, 7) is 1.37. The number of alkyl halides is 3. The van der Waals surface area contributed by atoms with Crippen molar-refractivity contribution >= 4 is 11.7 Å². The summed E-state index contributed by atoms with van der Waals surface area (Å²) < 4.78 is 38.0. The second kappa shape index (κ2) is 6.72. The molecule has 0 aliphatic rings. The van der Waals surface area contributed by atoms with Crippen LogP contribution < -0.4 is 11.1 Å². The van der Waals surface area contributed by atoms with Gasteiger partial charge in [0.2, 0.25) is 5.91 Å². The fourth-order valence-corrected chi connectivity index (χ4v) is 1.66. The number of hydrogen-bond donors (Lipinski definition) is 4. The van der Waals surface area contributed by atoms with Crippen LogP contribution in [0.4, 0.5) is 19.0 Å². The van der Waals surface area contributed by atoms with Crippen LogP contribution in [0, 0.1) is 0 Å². The van der Waals surface area contributed by atoms with Gasteiger partial charge in [0.25, 0.3) is 0 Å². The van der Waals surface area contributed by atoms with Crippen molar-refractivity contribution in [2.45, 2.75) is 31.7 Å². The molecule has 6 nitrogen and oxygen atoms in total. The quantitative estimate of drug-likeness (QED) is 0.637. The minimum atomic E-state index is -4.70. The number of carbonyl (C=O) groups excluding carboxylic acids is 1. The number of aliphatic hydroxyl groups excluding tert-OH is 2. The van der Waals surface area contributed by atoms with Crippen LogP contribution in [0.25, 0.3) is 0 Å². The highest BCUT2D eigenvalue weighted by atomic mass is 19.4. The van der Waals surface area contributed by atoms with Gasteiger partial charge in [0.15, 0.2) is 0 Å². The van der Waals surface area contributed by atoms with Gasteiger partial charge in [0.1, 0.15) is 11.9 Å². The van der Waals surface area contributed by atoms with Crippen LogP contribution in [-0.4, -0.2) is 33.8 Å². The third kappa shape index (κ3) is 4.87. The number of rotatable bonds is 5. The fourth-order valence-electron chi connectivity index (χ4n) is 1.66. The maximum absolute atomic E-state index is 12.7. The Kier molecular flexibility index (Phi) is 5.50. The molecular formula is C12H16F3N3O3. The van der Waals surface area contributed by atoms with Crippen molar-refractivity contribution in [3.8, 4) is 0 Å². The Morgan fingerprint density at radius 3 is 2.62 bits per heavy atom. The topological polar surface area (TPSA) is 108 Å². The number of nitrogen functional groups attached to an aromatic ring is 1. The minimum Gasteiger partial charge on any atom is -0.390 e. The molecule has 0 bridgehead atoms. The van der Waals surface area contributed by atoms with E-state index in [9.17, 15) is 28.2 Å². The Balaban J connectivity index is 2.82. The number of hydrogen-bond acceptors (Lipinski definition) is 5. The lowest BCUT2D eigenvalue weighted by molar-refractivity contribution is -0.137. The fraction of sp³-hybridized carbons (Fsp3) is 0.500. The molecule has 1 aromatic heterocycles. The highest BCUT2D eigenvalue weighted by molar-refractivity contribution is 5.72. The number of carbonyl (C=O) groups is 1. The standard InChI is InChI=1S/C12H16F3N3O3/c1-6(19)17-3-2-9(20)10(21)7-4-8(12(13,14)15)11(16)18-5-7/h4-5,9-10,20-21H,2-3H2,1H3,(H2,16,18)(H,17,19). The molecule has 21 heavy (non-hydrogen) atoms. The summed E-state index contributed by atoms with van der Waals surface area (Å²) in [7, 11) is 0. The van der Waals surface area contributed by atoms with Crippen molar-refractivity contribution < 1.29 is 28.2 Å². The summed E-state index contributed by atoms with van der Waals surface area (Å²) in [4.78, 5) is 14.0. The van der Waals surface area contributed by atoms with E-state index in [-0.39, 0.29) is 24.4 Å². The zero-order chi connectivity index (χ0) is 16.2. The van der Waals surface area contributed by atoms with Gasteiger partial charge in [0.05, 0.1) is 11.7 Å². The number of nitrogens with zero attached hydrogens (tertiary/aromatic N) is 1. The first-order valence-electron chi connectivity index (χ1n) is 6.06. The van der Waals surface area contributed by atoms with Crippen LogP contribution >= 0.6 is 0 Å². The first kappa shape index (κ1) is 17.2. The van der Waals surface area contributed by atoms with Crippen LogP contribution in [0.3, 0.4) is 0 Å². The minimum absolute atomic E-state index is 0.0214. The maximum Gasteiger partial charge on any atom is 0.419 e. The predicted octanol–water partition coefficient (Wildman–Crippen LogP) is 0.603. The van der Waals surface area contributed by atoms with E-state index in [1.165, 1.54) is 6.92 Å². The van der Waals surface area contributed by atoms with Crippen LogP contribution in [0.2, 0.25) is 0 Å². The second-order valence-corrected chi connectivity index (χ2v) is 4.48. The molecule has 0 aliphatic heterocycles. The molecule has 0 spiro atoms. The van der Waals surface area contributed by atoms with Crippen molar-refractivity contribution in [3.05, 3.63) is 23.4 Å². The summed E-state index contributed by atoms with van der Waals surface area (Å²) in [5.41, 5.74) is 3.77. The molecule has 1 rings (SSSR count). The number of anilines is 1. The summed E-state index contributed by atoms with van der Waals surface area (Å²) in [5.74, 6) is -1.02. The van der Waals surface area contributed by atoms with Gasteiger partial charge in [-0.05, 0) is 12.5 Å². The molecule has 0 fully saturated rings. The number of aromatic nitrogens is 1. The Hall–Kier alpha value is -1.87. The Morgan fingerprint density at radius 2 is 2.10 bits per heavy atom. The molecule has 5 N–H and O–H groups in total. The van der Waals surface area contributed by atoms with E-state index in [0.29, 0.717) is 6.07 Å². The van der Waals surface area contributed by atoms with E-state index in [2.05, 4.69) is 10.3 Å². The molecule has 9 heteroatoms. The van der Waals surface area contributed by atoms with Crippen LogP contribution in [0.1, 0.15) is 30.6 Å². The average molecular weight is 307 g/mol. The number of halogens is 3. The summed E-state index contributed by atoms with van der Waals surface area (Å²) in [6, 6.07) is 0.647. The molecule has 0 saturated carbocycles. The third-order valence-corrected chi connectivity index (χ3v) is 2.77. The van der Waals surface area contributed by atoms with E-state index < -0.39 is 29.8 Å². The molecule has 1 aromatic rings. The van der Waals surface area contributed by atoms with Crippen LogP contribution in [0.5, 0.6) is 0 Å². The van der Waals surface area contributed by atoms with Gasteiger partial charge in [-0.25, -0.2) is 4.98 Å². The van der Waals surface area contributed by atoms with Crippen molar-refractivity contribution in [1.29, 1.82) is 0 Å². The Labute approximate surface area is 118 Å². The van der Waals surface area contributed by atoms with Gasteiger partial charge in [-0.2, -0.15) is 13.2 Å². The van der Waals surface area contributed by atoms with Gasteiger partial charge in [-0.3, -0.25) is 4.79 Å². The molecule has 118 valence electrons. The first-order valence-corrected chi connectivity index (χ1v) is 6.06. The zero-order valence-electron chi connectivity index (χ0n) is 11.2. The number of nitrogens with two attached hydrogens (primary N) is 1. The monoisotopic (exact) mass is 307 g/mol. The lowest BCUT2D eigenvalue weighted by Gasteiger charge is -2.19. The lowest BCUT2D eigenvalue weighted by atomic mass is 10.0. The van der Waals surface area contributed by atoms with E-state index in [4.69, 9.17) is 5.73 Å². The summed E-state index contributed by atoms with van der Waals surface area (Å²) in [6.07, 6.45) is -6.66. The molecule has 0 aromatic carbocycles. The molecule has 1 amide bonds. The maximum atomic E-state index is 12.7. The highest BCUT2D eigenvalue weighted by Gasteiger charge is 2.35. The van der Waals surface area contributed by atoms with Crippen LogP contribution in [0.15, 0.2) is 12.3 Å². The Morgan fingerprint density at radius 1 is 1.48 bits per heavy atom. The van der Waals surface area contributed by atoms with Gasteiger partial charge in [-0.1, -0.05) is 0 Å². The van der Waals surface area contributed by atoms with Crippen molar-refractivity contribution in [2.75, 3.05) is 12.3 Å². The van der Waals surface area contributed by atoms with Gasteiger partial charge < -0.3 is 21.3 Å². The van der Waals surface area contributed by atoms with Gasteiger partial charge >= 0.3 is 6.18 Å². The molecule has 2 atom stereocenters. The molecule has 1 heterocycles. The van der Waals surface area contributed by atoms with E-state index >= 15 is 0 Å².